The fraction of sp³-hybridized carbons (Fsp3) is 0.263. The number of carboxylic acids is 1. The highest BCUT2D eigenvalue weighted by molar-refractivity contribution is 5.79. The molecule has 0 amide bonds. The summed E-state index contributed by atoms with van der Waals surface area (Å²) in [5.41, 5.74) is 3.92. The Balaban J connectivity index is 2.05. The standard InChI is InChI=1S/C19H20N2O2/c1-13(2)21-17-9-8-15(12-19(22)23)10-16(17)20-18(21)11-14-6-4-3-5-7-14/h3-10,13H,11-12H2,1-2H3,(H,22,23). The zero-order valence-corrected chi connectivity index (χ0v) is 13.4. The van der Waals surface area contributed by atoms with E-state index in [1.54, 1.807) is 0 Å². The third-order valence-electron chi connectivity index (χ3n) is 3.90. The third-order valence-corrected chi connectivity index (χ3v) is 3.90. The van der Waals surface area contributed by atoms with Crippen molar-refractivity contribution in [2.24, 2.45) is 0 Å². The SMILES string of the molecule is CC(C)n1c(Cc2ccccc2)nc2cc(CC(=O)O)ccc21. The van der Waals surface area contributed by atoms with Crippen LogP contribution in [0.5, 0.6) is 0 Å². The van der Waals surface area contributed by atoms with Gasteiger partial charge >= 0.3 is 5.97 Å². The van der Waals surface area contributed by atoms with Gasteiger partial charge in [0.25, 0.3) is 0 Å². The summed E-state index contributed by atoms with van der Waals surface area (Å²) in [5, 5.41) is 8.96. The van der Waals surface area contributed by atoms with E-state index in [4.69, 9.17) is 10.1 Å². The van der Waals surface area contributed by atoms with Gasteiger partial charge in [-0.25, -0.2) is 4.98 Å². The van der Waals surface area contributed by atoms with E-state index in [2.05, 4.69) is 30.5 Å². The van der Waals surface area contributed by atoms with Crippen molar-refractivity contribution >= 4 is 17.0 Å². The lowest BCUT2D eigenvalue weighted by atomic mass is 10.1. The molecule has 0 atom stereocenters. The third kappa shape index (κ3) is 3.26. The lowest BCUT2D eigenvalue weighted by Gasteiger charge is -2.13. The maximum absolute atomic E-state index is 10.9. The predicted molar refractivity (Wildman–Crippen MR) is 90.7 cm³/mol. The minimum atomic E-state index is -0.822. The average Bonchev–Trinajstić information content (AvgIpc) is 2.84. The van der Waals surface area contributed by atoms with Crippen LogP contribution in [0.4, 0.5) is 0 Å². The van der Waals surface area contributed by atoms with Crippen LogP contribution in [0, 0.1) is 0 Å². The van der Waals surface area contributed by atoms with Gasteiger partial charge in [0.2, 0.25) is 0 Å². The first kappa shape index (κ1) is 15.3. The first-order valence-electron chi connectivity index (χ1n) is 7.80. The molecule has 1 aromatic heterocycles. The lowest BCUT2D eigenvalue weighted by Crippen LogP contribution is -2.07. The summed E-state index contributed by atoms with van der Waals surface area (Å²) < 4.78 is 2.23. The largest absolute Gasteiger partial charge is 0.481 e. The van der Waals surface area contributed by atoms with Crippen LogP contribution in [-0.2, 0) is 17.6 Å². The van der Waals surface area contributed by atoms with Crippen LogP contribution in [0.2, 0.25) is 0 Å². The van der Waals surface area contributed by atoms with E-state index in [1.807, 2.05) is 36.4 Å². The molecule has 3 rings (SSSR count). The van der Waals surface area contributed by atoms with Crippen molar-refractivity contribution in [3.05, 3.63) is 65.5 Å². The van der Waals surface area contributed by atoms with Crippen LogP contribution < -0.4 is 0 Å². The van der Waals surface area contributed by atoms with Gasteiger partial charge in [0.15, 0.2) is 0 Å². The molecule has 2 aromatic carbocycles. The summed E-state index contributed by atoms with van der Waals surface area (Å²) >= 11 is 0. The van der Waals surface area contributed by atoms with Crippen molar-refractivity contribution in [3.63, 3.8) is 0 Å². The second-order valence-corrected chi connectivity index (χ2v) is 6.05. The molecule has 0 aliphatic heterocycles. The number of hydrogen-bond acceptors (Lipinski definition) is 2. The number of benzene rings is 2. The van der Waals surface area contributed by atoms with Crippen molar-refractivity contribution in [2.45, 2.75) is 32.7 Å². The normalized spacial score (nSPS) is 11.3. The number of carboxylic acid groups (broad SMARTS) is 1. The molecule has 23 heavy (non-hydrogen) atoms. The highest BCUT2D eigenvalue weighted by Crippen LogP contribution is 2.24. The van der Waals surface area contributed by atoms with Crippen molar-refractivity contribution in [3.8, 4) is 0 Å². The Morgan fingerprint density at radius 2 is 1.87 bits per heavy atom. The van der Waals surface area contributed by atoms with Crippen molar-refractivity contribution in [1.29, 1.82) is 0 Å². The zero-order chi connectivity index (χ0) is 16.4. The van der Waals surface area contributed by atoms with E-state index < -0.39 is 5.97 Å². The molecular weight excluding hydrogens is 288 g/mol. The Labute approximate surface area is 135 Å². The summed E-state index contributed by atoms with van der Waals surface area (Å²) in [6, 6.07) is 16.3. The number of aromatic nitrogens is 2. The molecule has 1 N–H and O–H groups in total. The van der Waals surface area contributed by atoms with Gasteiger partial charge in [0, 0.05) is 12.5 Å². The second-order valence-electron chi connectivity index (χ2n) is 6.05. The molecule has 0 saturated carbocycles. The van der Waals surface area contributed by atoms with E-state index in [0.717, 1.165) is 28.8 Å². The Hall–Kier alpha value is -2.62. The van der Waals surface area contributed by atoms with Gasteiger partial charge in [0.1, 0.15) is 5.82 Å². The zero-order valence-electron chi connectivity index (χ0n) is 13.4. The first-order chi connectivity index (χ1) is 11.0. The van der Waals surface area contributed by atoms with Crippen molar-refractivity contribution in [2.75, 3.05) is 0 Å². The van der Waals surface area contributed by atoms with Crippen molar-refractivity contribution < 1.29 is 9.90 Å². The van der Waals surface area contributed by atoms with Crippen LogP contribution in [0.1, 0.15) is 36.8 Å². The molecule has 118 valence electrons. The van der Waals surface area contributed by atoms with Gasteiger partial charge in [-0.2, -0.15) is 0 Å². The number of hydrogen-bond donors (Lipinski definition) is 1. The fourth-order valence-electron chi connectivity index (χ4n) is 2.96. The summed E-state index contributed by atoms with van der Waals surface area (Å²) in [6.45, 7) is 4.28. The van der Waals surface area contributed by atoms with Crippen LogP contribution in [0.15, 0.2) is 48.5 Å². The van der Waals surface area contributed by atoms with Crippen LogP contribution in [0.3, 0.4) is 0 Å². The van der Waals surface area contributed by atoms with E-state index in [9.17, 15) is 4.79 Å². The second kappa shape index (κ2) is 6.24. The fourth-order valence-corrected chi connectivity index (χ4v) is 2.96. The van der Waals surface area contributed by atoms with Crippen LogP contribution in [0.25, 0.3) is 11.0 Å². The number of fused-ring (bicyclic) bond motifs is 1. The average molecular weight is 308 g/mol. The molecule has 4 nitrogen and oxygen atoms in total. The lowest BCUT2D eigenvalue weighted by molar-refractivity contribution is -0.136. The van der Waals surface area contributed by atoms with Gasteiger partial charge in [-0.1, -0.05) is 36.4 Å². The van der Waals surface area contributed by atoms with E-state index in [0.29, 0.717) is 6.04 Å². The molecule has 0 bridgehead atoms. The molecule has 4 heteroatoms. The molecule has 0 aliphatic carbocycles. The molecule has 3 aromatic rings. The summed E-state index contributed by atoms with van der Waals surface area (Å²) in [4.78, 5) is 15.7. The van der Waals surface area contributed by atoms with Gasteiger partial charge in [0.05, 0.1) is 17.5 Å². The molecule has 0 unspecified atom stereocenters. The van der Waals surface area contributed by atoms with Crippen molar-refractivity contribution in [1.82, 2.24) is 9.55 Å². The van der Waals surface area contributed by atoms with Gasteiger partial charge < -0.3 is 9.67 Å². The maximum atomic E-state index is 10.9. The predicted octanol–water partition coefficient (Wildman–Crippen LogP) is 3.84. The minimum Gasteiger partial charge on any atom is -0.481 e. The Kier molecular flexibility index (Phi) is 4.15. The topological polar surface area (TPSA) is 55.1 Å². The highest BCUT2D eigenvalue weighted by Gasteiger charge is 2.14. The molecule has 0 spiro atoms. The van der Waals surface area contributed by atoms with Gasteiger partial charge in [-0.3, -0.25) is 4.79 Å². The molecule has 0 fully saturated rings. The number of carbonyl (C=O) groups is 1. The summed E-state index contributed by atoms with van der Waals surface area (Å²) in [7, 11) is 0. The number of aliphatic carboxylic acids is 1. The quantitative estimate of drug-likeness (QED) is 0.779. The Morgan fingerprint density at radius 3 is 2.52 bits per heavy atom. The summed E-state index contributed by atoms with van der Waals surface area (Å²) in [5.74, 6) is 0.186. The van der Waals surface area contributed by atoms with E-state index >= 15 is 0 Å². The highest BCUT2D eigenvalue weighted by atomic mass is 16.4. The molecule has 0 saturated heterocycles. The summed E-state index contributed by atoms with van der Waals surface area (Å²) in [6.07, 6.45) is 0.792. The number of rotatable bonds is 5. The molecule has 1 heterocycles. The van der Waals surface area contributed by atoms with Crippen LogP contribution in [-0.4, -0.2) is 20.6 Å². The van der Waals surface area contributed by atoms with Gasteiger partial charge in [-0.15, -0.1) is 0 Å². The van der Waals surface area contributed by atoms with E-state index in [1.165, 1.54) is 5.56 Å². The van der Waals surface area contributed by atoms with Gasteiger partial charge in [-0.05, 0) is 37.1 Å². The number of nitrogens with zero attached hydrogens (tertiary/aromatic N) is 2. The Bertz CT molecular complexity index is 835. The number of imidazole rings is 1. The molecule has 0 aliphatic rings. The minimum absolute atomic E-state index is 0.0263. The first-order valence-corrected chi connectivity index (χ1v) is 7.80. The Morgan fingerprint density at radius 1 is 1.13 bits per heavy atom. The molecule has 0 radical (unpaired) electrons. The smallest absolute Gasteiger partial charge is 0.307 e. The van der Waals surface area contributed by atoms with E-state index in [-0.39, 0.29) is 6.42 Å². The maximum Gasteiger partial charge on any atom is 0.307 e. The molecular formula is C19H20N2O2. The monoisotopic (exact) mass is 308 g/mol. The van der Waals surface area contributed by atoms with Crippen LogP contribution >= 0.6 is 0 Å².